The first kappa shape index (κ1) is 13.6. The zero-order chi connectivity index (χ0) is 15.0. The third-order valence-corrected chi connectivity index (χ3v) is 4.83. The number of nitrogen functional groups attached to an aromatic ring is 1. The van der Waals surface area contributed by atoms with Gasteiger partial charge in [-0.1, -0.05) is 18.2 Å². The van der Waals surface area contributed by atoms with Gasteiger partial charge in [0, 0.05) is 23.3 Å². The van der Waals surface area contributed by atoms with Crippen LogP contribution in [-0.4, -0.2) is 17.9 Å². The highest BCUT2D eigenvalue weighted by Crippen LogP contribution is 2.36. The monoisotopic (exact) mass is 297 g/mol. The first-order valence-corrected chi connectivity index (χ1v) is 7.37. The normalized spacial score (nSPS) is 10.8. The van der Waals surface area contributed by atoms with Gasteiger partial charge in [0.1, 0.15) is 4.88 Å². The summed E-state index contributed by atoms with van der Waals surface area (Å²) in [5.74, 6) is -0.110. The summed E-state index contributed by atoms with van der Waals surface area (Å²) in [7, 11) is 1.73. The van der Waals surface area contributed by atoms with E-state index in [9.17, 15) is 4.79 Å². The molecule has 4 nitrogen and oxygen atoms in total. The van der Waals surface area contributed by atoms with Gasteiger partial charge in [-0.25, -0.2) is 0 Å². The molecule has 0 fully saturated rings. The number of nitrogens with two attached hydrogens (primary N) is 1. The van der Waals surface area contributed by atoms with Crippen LogP contribution in [0.4, 0.5) is 11.4 Å². The smallest absolute Gasteiger partial charge is 0.270 e. The van der Waals surface area contributed by atoms with Crippen LogP contribution in [0.15, 0.2) is 42.7 Å². The van der Waals surface area contributed by atoms with E-state index in [-0.39, 0.29) is 5.91 Å². The minimum absolute atomic E-state index is 0.110. The van der Waals surface area contributed by atoms with Crippen molar-refractivity contribution in [3.8, 4) is 0 Å². The number of aromatic nitrogens is 1. The minimum atomic E-state index is -0.110. The quantitative estimate of drug-likeness (QED) is 0.788. The van der Waals surface area contributed by atoms with E-state index in [1.165, 1.54) is 11.3 Å². The second kappa shape index (κ2) is 5.18. The van der Waals surface area contributed by atoms with Crippen LogP contribution in [0.3, 0.4) is 0 Å². The van der Waals surface area contributed by atoms with E-state index in [1.54, 1.807) is 30.4 Å². The Labute approximate surface area is 126 Å². The number of hydrogen-bond acceptors (Lipinski definition) is 4. The molecule has 0 saturated carbocycles. The van der Waals surface area contributed by atoms with Crippen LogP contribution >= 0.6 is 11.3 Å². The van der Waals surface area contributed by atoms with E-state index in [4.69, 9.17) is 5.73 Å². The molecule has 2 aromatic heterocycles. The maximum absolute atomic E-state index is 12.7. The number of hydrogen-bond donors (Lipinski definition) is 1. The molecule has 2 heterocycles. The molecule has 0 saturated heterocycles. The standard InChI is InChI=1S/C16H15N3OS/c1-10-5-3-7-12-13(17)15(21-14(10)12)16(20)19(2)11-6-4-8-18-9-11/h3-9H,17H2,1-2H3. The van der Waals surface area contributed by atoms with Gasteiger partial charge in [-0.05, 0) is 24.6 Å². The molecule has 0 radical (unpaired) electrons. The summed E-state index contributed by atoms with van der Waals surface area (Å²) >= 11 is 1.44. The van der Waals surface area contributed by atoms with Crippen molar-refractivity contribution in [2.24, 2.45) is 0 Å². The lowest BCUT2D eigenvalue weighted by molar-refractivity contribution is 0.0997. The number of anilines is 2. The van der Waals surface area contributed by atoms with Gasteiger partial charge >= 0.3 is 0 Å². The van der Waals surface area contributed by atoms with E-state index < -0.39 is 0 Å². The number of carbonyl (C=O) groups is 1. The summed E-state index contributed by atoms with van der Waals surface area (Å²) in [6, 6.07) is 9.59. The molecule has 1 amide bonds. The van der Waals surface area contributed by atoms with E-state index in [1.807, 2.05) is 31.2 Å². The molecule has 0 aliphatic rings. The van der Waals surface area contributed by atoms with Crippen LogP contribution in [0, 0.1) is 6.92 Å². The Morgan fingerprint density at radius 1 is 1.29 bits per heavy atom. The molecule has 0 bridgehead atoms. The van der Waals surface area contributed by atoms with Gasteiger partial charge in [0.25, 0.3) is 5.91 Å². The van der Waals surface area contributed by atoms with Gasteiger partial charge in [0.2, 0.25) is 0 Å². The number of amides is 1. The highest BCUT2D eigenvalue weighted by molar-refractivity contribution is 7.21. The molecular weight excluding hydrogens is 282 g/mol. The number of nitrogens with zero attached hydrogens (tertiary/aromatic N) is 2. The average molecular weight is 297 g/mol. The Bertz CT molecular complexity index is 811. The second-order valence-electron chi connectivity index (χ2n) is 4.87. The molecule has 2 N–H and O–H groups in total. The largest absolute Gasteiger partial charge is 0.397 e. The summed E-state index contributed by atoms with van der Waals surface area (Å²) in [6.45, 7) is 2.03. The van der Waals surface area contributed by atoms with Gasteiger partial charge in [-0.3, -0.25) is 9.78 Å². The van der Waals surface area contributed by atoms with E-state index in [2.05, 4.69) is 4.98 Å². The van der Waals surface area contributed by atoms with Gasteiger partial charge < -0.3 is 10.6 Å². The molecule has 0 atom stereocenters. The zero-order valence-electron chi connectivity index (χ0n) is 11.8. The minimum Gasteiger partial charge on any atom is -0.397 e. The third-order valence-electron chi connectivity index (χ3n) is 3.48. The fourth-order valence-corrected chi connectivity index (χ4v) is 3.43. The van der Waals surface area contributed by atoms with Crippen molar-refractivity contribution in [2.45, 2.75) is 6.92 Å². The Balaban J connectivity index is 2.06. The molecule has 0 spiro atoms. The van der Waals surface area contributed by atoms with Crippen LogP contribution in [0.2, 0.25) is 0 Å². The van der Waals surface area contributed by atoms with Crippen molar-refractivity contribution in [2.75, 3.05) is 17.7 Å². The molecule has 3 rings (SSSR count). The number of pyridine rings is 1. The molecule has 21 heavy (non-hydrogen) atoms. The molecule has 1 aromatic carbocycles. The van der Waals surface area contributed by atoms with Crippen LogP contribution < -0.4 is 10.6 Å². The highest BCUT2D eigenvalue weighted by Gasteiger charge is 2.21. The highest BCUT2D eigenvalue weighted by atomic mass is 32.1. The lowest BCUT2D eigenvalue weighted by atomic mass is 10.1. The van der Waals surface area contributed by atoms with Gasteiger partial charge in [-0.2, -0.15) is 0 Å². The van der Waals surface area contributed by atoms with Gasteiger partial charge in [0.05, 0.1) is 17.6 Å². The topological polar surface area (TPSA) is 59.2 Å². The summed E-state index contributed by atoms with van der Waals surface area (Å²) in [5.41, 5.74) is 8.61. The third kappa shape index (κ3) is 2.25. The molecule has 0 aliphatic heterocycles. The average Bonchev–Trinajstić information content (AvgIpc) is 2.85. The SMILES string of the molecule is Cc1cccc2c(N)c(C(=O)N(C)c3cccnc3)sc12. The number of fused-ring (bicyclic) bond motifs is 1. The van der Waals surface area contributed by atoms with E-state index in [0.29, 0.717) is 10.6 Å². The maximum atomic E-state index is 12.7. The predicted octanol–water partition coefficient (Wildman–Crippen LogP) is 3.46. The zero-order valence-corrected chi connectivity index (χ0v) is 12.6. The van der Waals surface area contributed by atoms with E-state index in [0.717, 1.165) is 21.3 Å². The summed E-state index contributed by atoms with van der Waals surface area (Å²) in [5, 5.41) is 0.947. The van der Waals surface area contributed by atoms with Crippen molar-refractivity contribution in [3.05, 3.63) is 53.2 Å². The first-order valence-electron chi connectivity index (χ1n) is 6.55. The molecule has 5 heteroatoms. The Kier molecular flexibility index (Phi) is 3.35. The number of rotatable bonds is 2. The number of aryl methyl sites for hydroxylation is 1. The van der Waals surface area contributed by atoms with Crippen molar-refractivity contribution >= 4 is 38.7 Å². The van der Waals surface area contributed by atoms with E-state index >= 15 is 0 Å². The predicted molar refractivity (Wildman–Crippen MR) is 87.9 cm³/mol. The van der Waals surface area contributed by atoms with Crippen molar-refractivity contribution in [3.63, 3.8) is 0 Å². The summed E-state index contributed by atoms with van der Waals surface area (Å²) in [6.07, 6.45) is 3.34. The van der Waals surface area contributed by atoms with Crippen molar-refractivity contribution in [1.82, 2.24) is 4.98 Å². The van der Waals surface area contributed by atoms with Gasteiger partial charge in [0.15, 0.2) is 0 Å². The van der Waals surface area contributed by atoms with Crippen LogP contribution in [0.25, 0.3) is 10.1 Å². The Morgan fingerprint density at radius 3 is 2.76 bits per heavy atom. The Hall–Kier alpha value is -2.40. The van der Waals surface area contributed by atoms with Crippen LogP contribution in [0.5, 0.6) is 0 Å². The maximum Gasteiger partial charge on any atom is 0.270 e. The molecule has 3 aromatic rings. The molecule has 106 valence electrons. The fourth-order valence-electron chi connectivity index (χ4n) is 2.26. The van der Waals surface area contributed by atoms with Crippen molar-refractivity contribution < 1.29 is 4.79 Å². The second-order valence-corrected chi connectivity index (χ2v) is 5.89. The summed E-state index contributed by atoms with van der Waals surface area (Å²) < 4.78 is 1.07. The fraction of sp³-hybridized carbons (Fsp3) is 0.125. The molecule has 0 aliphatic carbocycles. The lowest BCUT2D eigenvalue weighted by Gasteiger charge is -2.16. The van der Waals surface area contributed by atoms with Crippen LogP contribution in [0.1, 0.15) is 15.2 Å². The van der Waals surface area contributed by atoms with Crippen molar-refractivity contribution in [1.29, 1.82) is 0 Å². The number of thiophene rings is 1. The number of carbonyl (C=O) groups excluding carboxylic acids is 1. The van der Waals surface area contributed by atoms with Gasteiger partial charge in [-0.15, -0.1) is 11.3 Å². The van der Waals surface area contributed by atoms with Crippen LogP contribution in [-0.2, 0) is 0 Å². The number of benzene rings is 1. The Morgan fingerprint density at radius 2 is 2.10 bits per heavy atom. The molecule has 0 unspecified atom stereocenters. The lowest BCUT2D eigenvalue weighted by Crippen LogP contribution is -2.26. The summed E-state index contributed by atoms with van der Waals surface area (Å²) in [4.78, 5) is 18.9. The molecular formula is C16H15N3OS. The first-order chi connectivity index (χ1) is 10.1.